The monoisotopic (exact) mass is 583 g/mol. The molecular formula is C29H33N3O8S. The number of benzene rings is 2. The lowest BCUT2D eigenvalue weighted by Crippen LogP contribution is -2.45. The Hall–Kier alpha value is -4.13. The second-order valence-electron chi connectivity index (χ2n) is 9.96. The van der Waals surface area contributed by atoms with Crippen LogP contribution in [0, 0.1) is 0 Å². The molecule has 0 aliphatic carbocycles. The Bertz CT molecular complexity index is 1540. The number of nitrogens with zero attached hydrogens (tertiary/aromatic N) is 1. The number of aromatic amines is 1. The van der Waals surface area contributed by atoms with Crippen molar-refractivity contribution in [3.8, 4) is 11.5 Å². The van der Waals surface area contributed by atoms with Gasteiger partial charge in [-0.15, -0.1) is 11.3 Å². The minimum Gasteiger partial charge on any atom is -0.497 e. The van der Waals surface area contributed by atoms with E-state index >= 15 is 0 Å². The number of hydrogen-bond donors (Lipinski definition) is 5. The molecule has 1 aliphatic rings. The summed E-state index contributed by atoms with van der Waals surface area (Å²) in [5, 5.41) is 27.6. The number of nitrogens with two attached hydrogens (primary N) is 1. The summed E-state index contributed by atoms with van der Waals surface area (Å²) in [6.45, 7) is 3.92. The number of rotatable bonds is 8. The molecule has 0 bridgehead atoms. The molecule has 1 saturated heterocycles. The van der Waals surface area contributed by atoms with Crippen molar-refractivity contribution in [2.45, 2.75) is 37.8 Å². The lowest BCUT2D eigenvalue weighted by atomic mass is 9.90. The number of aliphatic hydroxyl groups excluding tert-OH is 1. The van der Waals surface area contributed by atoms with Crippen molar-refractivity contribution in [3.05, 3.63) is 59.1 Å². The third-order valence-electron chi connectivity index (χ3n) is 7.11. The molecule has 3 atom stereocenters. The van der Waals surface area contributed by atoms with Gasteiger partial charge < -0.3 is 35.5 Å². The highest BCUT2D eigenvalue weighted by molar-refractivity contribution is 7.19. The van der Waals surface area contributed by atoms with Gasteiger partial charge in [0.25, 0.3) is 5.91 Å². The second-order valence-corrected chi connectivity index (χ2v) is 11.1. The molecule has 1 aliphatic heterocycles. The molecule has 0 spiro atoms. The number of thiophene rings is 1. The van der Waals surface area contributed by atoms with E-state index in [1.165, 1.54) is 15.0 Å². The predicted molar refractivity (Wildman–Crippen MR) is 155 cm³/mol. The van der Waals surface area contributed by atoms with E-state index in [0.29, 0.717) is 29.9 Å². The molecule has 3 heterocycles. The lowest BCUT2D eigenvalue weighted by Gasteiger charge is -2.38. The number of ether oxygens (including phenoxy) is 2. The molecule has 1 fully saturated rings. The highest BCUT2D eigenvalue weighted by Gasteiger charge is 2.29. The first-order chi connectivity index (χ1) is 19.5. The summed E-state index contributed by atoms with van der Waals surface area (Å²) in [6.07, 6.45) is 1.52. The standard InChI is InChI=1S/C27H31N3O4S.C2H2O4/c1-16-10-18(25-11-17-6-7-20(33-2)12-26(17)35-25)8-9-30(16)14-19(31)15-34-24-5-3-4-22-21(24)13-23(29-22)27(28)32;3-1(4)2(5)6/h3-7,11-13,16,18-19,29,31H,8-10,14-15H2,1-2H3,(H2,28,32);(H,3,4)(H,5,6)/t16-,18-,19-;/m0./s1. The number of carboxylic acid groups (broad SMARTS) is 2. The van der Waals surface area contributed by atoms with Gasteiger partial charge in [-0.05, 0) is 80.1 Å². The SMILES string of the molecule is COc1ccc2cc([C@H]3CCN(C[C@H](O)COc4cccc5[nH]c(C(N)=O)cc45)[C@@H](C)C3)sc2c1.O=C(O)C(=O)O. The number of piperidine rings is 1. The van der Waals surface area contributed by atoms with E-state index in [1.807, 2.05) is 35.6 Å². The van der Waals surface area contributed by atoms with Gasteiger partial charge in [-0.25, -0.2) is 9.59 Å². The van der Waals surface area contributed by atoms with Crippen molar-refractivity contribution in [2.75, 3.05) is 26.8 Å². The Morgan fingerprint density at radius 3 is 2.56 bits per heavy atom. The lowest BCUT2D eigenvalue weighted by molar-refractivity contribution is -0.159. The number of aliphatic hydroxyl groups is 1. The van der Waals surface area contributed by atoms with Crippen LogP contribution in [0.3, 0.4) is 0 Å². The summed E-state index contributed by atoms with van der Waals surface area (Å²) < 4.78 is 12.6. The number of likely N-dealkylation sites (tertiary alicyclic amines) is 1. The number of nitrogens with one attached hydrogen (secondary N) is 1. The zero-order valence-corrected chi connectivity index (χ0v) is 23.5. The van der Waals surface area contributed by atoms with Crippen LogP contribution >= 0.6 is 11.3 Å². The summed E-state index contributed by atoms with van der Waals surface area (Å²) in [4.78, 5) is 36.5. The van der Waals surface area contributed by atoms with Gasteiger partial charge in [0, 0.05) is 33.1 Å². The van der Waals surface area contributed by atoms with Crippen LogP contribution in [0.15, 0.2) is 48.5 Å². The normalized spacial score (nSPS) is 17.9. The average Bonchev–Trinajstić information content (AvgIpc) is 3.58. The molecule has 5 rings (SSSR count). The van der Waals surface area contributed by atoms with Gasteiger partial charge in [0.1, 0.15) is 29.9 Å². The maximum absolute atomic E-state index is 11.5. The van der Waals surface area contributed by atoms with E-state index < -0.39 is 23.9 Å². The molecule has 0 unspecified atom stereocenters. The number of carbonyl (C=O) groups is 3. The van der Waals surface area contributed by atoms with Gasteiger partial charge in [0.15, 0.2) is 0 Å². The molecule has 6 N–H and O–H groups in total. The zero-order valence-electron chi connectivity index (χ0n) is 22.7. The maximum atomic E-state index is 11.5. The van der Waals surface area contributed by atoms with Crippen LogP contribution < -0.4 is 15.2 Å². The molecule has 41 heavy (non-hydrogen) atoms. The predicted octanol–water partition coefficient (Wildman–Crippen LogP) is 3.65. The Kier molecular flexibility index (Phi) is 9.48. The van der Waals surface area contributed by atoms with Crippen LogP contribution in [-0.4, -0.2) is 82.0 Å². The number of aliphatic carboxylic acids is 2. The topological polar surface area (TPSA) is 175 Å². The number of β-amino-alcohol motifs (C(OH)–C–C–N with tert-alkyl or cyclic N) is 1. The third-order valence-corrected chi connectivity index (χ3v) is 8.37. The Morgan fingerprint density at radius 1 is 1.15 bits per heavy atom. The van der Waals surface area contributed by atoms with E-state index in [2.05, 4.69) is 35.0 Å². The van der Waals surface area contributed by atoms with E-state index in [0.717, 1.165) is 36.0 Å². The van der Waals surface area contributed by atoms with Crippen LogP contribution in [0.1, 0.15) is 41.0 Å². The smallest absolute Gasteiger partial charge is 0.414 e. The van der Waals surface area contributed by atoms with Gasteiger partial charge in [0.2, 0.25) is 0 Å². The molecule has 12 heteroatoms. The molecule has 1 amide bonds. The Balaban J connectivity index is 0.000000585. The highest BCUT2D eigenvalue weighted by Crippen LogP contribution is 2.39. The first-order valence-corrected chi connectivity index (χ1v) is 13.9. The Morgan fingerprint density at radius 2 is 1.90 bits per heavy atom. The molecular weight excluding hydrogens is 550 g/mol. The molecule has 2 aromatic carbocycles. The van der Waals surface area contributed by atoms with Crippen LogP contribution in [0.5, 0.6) is 11.5 Å². The van der Waals surface area contributed by atoms with Gasteiger partial charge >= 0.3 is 11.9 Å². The van der Waals surface area contributed by atoms with Crippen molar-refractivity contribution in [3.63, 3.8) is 0 Å². The van der Waals surface area contributed by atoms with E-state index in [1.54, 1.807) is 13.2 Å². The molecule has 218 valence electrons. The minimum absolute atomic E-state index is 0.182. The third kappa shape index (κ3) is 7.34. The maximum Gasteiger partial charge on any atom is 0.414 e. The van der Waals surface area contributed by atoms with Crippen molar-refractivity contribution in [2.24, 2.45) is 5.73 Å². The van der Waals surface area contributed by atoms with E-state index in [9.17, 15) is 9.90 Å². The quantitative estimate of drug-likeness (QED) is 0.194. The highest BCUT2D eigenvalue weighted by atomic mass is 32.1. The van der Waals surface area contributed by atoms with Gasteiger partial charge in [-0.1, -0.05) is 6.07 Å². The number of carbonyl (C=O) groups excluding carboxylic acids is 1. The van der Waals surface area contributed by atoms with Gasteiger partial charge in [-0.2, -0.15) is 0 Å². The van der Waals surface area contributed by atoms with Crippen molar-refractivity contribution >= 4 is 50.2 Å². The molecule has 4 aromatic rings. The fourth-order valence-corrected chi connectivity index (χ4v) is 6.25. The molecule has 11 nitrogen and oxygen atoms in total. The fourth-order valence-electron chi connectivity index (χ4n) is 5.01. The first kappa shape index (κ1) is 29.8. The average molecular weight is 584 g/mol. The summed E-state index contributed by atoms with van der Waals surface area (Å²) in [5.41, 5.74) is 6.50. The summed E-state index contributed by atoms with van der Waals surface area (Å²) in [6, 6.07) is 16.2. The second kappa shape index (κ2) is 13.0. The number of amides is 1. The number of hydrogen-bond acceptors (Lipinski definition) is 8. The van der Waals surface area contributed by atoms with Crippen molar-refractivity contribution < 1.29 is 39.2 Å². The van der Waals surface area contributed by atoms with Gasteiger partial charge in [0.05, 0.1) is 7.11 Å². The van der Waals surface area contributed by atoms with Crippen molar-refractivity contribution in [1.82, 2.24) is 9.88 Å². The van der Waals surface area contributed by atoms with Crippen LogP contribution in [-0.2, 0) is 9.59 Å². The number of primary amides is 1. The van der Waals surface area contributed by atoms with Crippen molar-refractivity contribution in [1.29, 1.82) is 0 Å². The number of fused-ring (bicyclic) bond motifs is 2. The molecule has 2 aromatic heterocycles. The minimum atomic E-state index is -1.82. The fraction of sp³-hybridized carbons (Fsp3) is 0.345. The Labute approximate surface area is 240 Å². The van der Waals surface area contributed by atoms with Crippen LogP contribution in [0.25, 0.3) is 21.0 Å². The van der Waals surface area contributed by atoms with E-state index in [-0.39, 0.29) is 6.61 Å². The summed E-state index contributed by atoms with van der Waals surface area (Å²) in [7, 11) is 1.70. The number of carboxylic acids is 2. The zero-order chi connectivity index (χ0) is 29.7. The van der Waals surface area contributed by atoms with Gasteiger partial charge in [-0.3, -0.25) is 9.69 Å². The summed E-state index contributed by atoms with van der Waals surface area (Å²) in [5.74, 6) is -2.11. The number of H-pyrrole nitrogens is 1. The molecule has 0 radical (unpaired) electrons. The van der Waals surface area contributed by atoms with E-state index in [4.69, 9.17) is 35.0 Å². The number of methoxy groups -OCH3 is 1. The first-order valence-electron chi connectivity index (χ1n) is 13.1. The van der Waals surface area contributed by atoms with Crippen LogP contribution in [0.4, 0.5) is 0 Å². The molecule has 0 saturated carbocycles. The summed E-state index contributed by atoms with van der Waals surface area (Å²) >= 11 is 1.86. The largest absolute Gasteiger partial charge is 0.497 e. The van der Waals surface area contributed by atoms with Crippen LogP contribution in [0.2, 0.25) is 0 Å². The number of aromatic nitrogens is 1.